The Hall–Kier alpha value is -0.530. The van der Waals surface area contributed by atoms with Crippen molar-refractivity contribution in [2.75, 3.05) is 7.11 Å². The molecule has 58 valence electrons. The quantitative estimate of drug-likeness (QED) is 0.559. The highest BCUT2D eigenvalue weighted by Gasteiger charge is 2.42. The molecule has 0 unspecified atom stereocenters. The van der Waals surface area contributed by atoms with Gasteiger partial charge in [0.2, 0.25) is 0 Å². The van der Waals surface area contributed by atoms with E-state index in [0.717, 1.165) is 6.42 Å². The Morgan fingerprint density at radius 2 is 2.40 bits per heavy atom. The number of hydrogen-bond acceptors (Lipinski definition) is 2. The highest BCUT2D eigenvalue weighted by molar-refractivity contribution is 5.75. The predicted octanol–water partition coefficient (Wildman–Crippen LogP) is 1.60. The molecule has 1 aliphatic rings. The van der Waals surface area contributed by atoms with Gasteiger partial charge in [-0.05, 0) is 18.8 Å². The molecule has 0 N–H and O–H groups in total. The number of rotatable bonds is 3. The third-order valence-corrected chi connectivity index (χ3v) is 2.09. The second kappa shape index (κ2) is 3.04. The summed E-state index contributed by atoms with van der Waals surface area (Å²) in [6, 6.07) is 0. The molecule has 1 aliphatic carbocycles. The predicted molar refractivity (Wildman–Crippen MR) is 38.5 cm³/mol. The third-order valence-electron chi connectivity index (χ3n) is 2.09. The minimum Gasteiger partial charge on any atom is -0.469 e. The first-order valence-corrected chi connectivity index (χ1v) is 3.87. The molecule has 0 saturated heterocycles. The van der Waals surface area contributed by atoms with E-state index in [1.807, 2.05) is 0 Å². The lowest BCUT2D eigenvalue weighted by Gasteiger charge is -1.95. The number of esters is 1. The van der Waals surface area contributed by atoms with Crippen LogP contribution in [0.25, 0.3) is 0 Å². The molecule has 0 amide bonds. The van der Waals surface area contributed by atoms with Crippen LogP contribution in [0.4, 0.5) is 0 Å². The van der Waals surface area contributed by atoms with E-state index in [9.17, 15) is 4.79 Å². The molecule has 1 fully saturated rings. The maximum Gasteiger partial charge on any atom is 0.308 e. The van der Waals surface area contributed by atoms with E-state index < -0.39 is 0 Å². The van der Waals surface area contributed by atoms with Crippen molar-refractivity contribution in [1.29, 1.82) is 0 Å². The largest absolute Gasteiger partial charge is 0.469 e. The summed E-state index contributed by atoms with van der Waals surface area (Å²) < 4.78 is 4.61. The zero-order valence-corrected chi connectivity index (χ0v) is 6.59. The first-order valence-electron chi connectivity index (χ1n) is 3.87. The number of carbonyl (C=O) groups excluding carboxylic acids is 1. The Morgan fingerprint density at radius 3 is 2.90 bits per heavy atom. The van der Waals surface area contributed by atoms with Crippen LogP contribution in [0.2, 0.25) is 0 Å². The molecule has 1 rings (SSSR count). The van der Waals surface area contributed by atoms with Crippen LogP contribution in [-0.4, -0.2) is 13.1 Å². The first-order chi connectivity index (χ1) is 4.79. The summed E-state index contributed by atoms with van der Waals surface area (Å²) in [5.41, 5.74) is 0. The fourth-order valence-electron chi connectivity index (χ4n) is 1.38. The molecular weight excluding hydrogens is 128 g/mol. The third kappa shape index (κ3) is 1.49. The summed E-state index contributed by atoms with van der Waals surface area (Å²) in [6.07, 6.45) is 3.42. The van der Waals surface area contributed by atoms with Crippen LogP contribution in [-0.2, 0) is 9.53 Å². The summed E-state index contributed by atoms with van der Waals surface area (Å²) in [4.78, 5) is 10.8. The summed E-state index contributed by atoms with van der Waals surface area (Å²) in [5.74, 6) is 0.862. The molecule has 2 atom stereocenters. The van der Waals surface area contributed by atoms with Gasteiger partial charge in [0.05, 0.1) is 13.0 Å². The molecule has 1 saturated carbocycles. The fourth-order valence-corrected chi connectivity index (χ4v) is 1.38. The average Bonchev–Trinajstić information content (AvgIpc) is 2.67. The molecule has 0 aromatic rings. The van der Waals surface area contributed by atoms with Gasteiger partial charge in [-0.25, -0.2) is 0 Å². The topological polar surface area (TPSA) is 26.3 Å². The van der Waals surface area contributed by atoms with Gasteiger partial charge >= 0.3 is 5.97 Å². The van der Waals surface area contributed by atoms with Crippen LogP contribution in [0.3, 0.4) is 0 Å². The van der Waals surface area contributed by atoms with Gasteiger partial charge in [-0.2, -0.15) is 0 Å². The van der Waals surface area contributed by atoms with E-state index in [2.05, 4.69) is 11.7 Å². The summed E-state index contributed by atoms with van der Waals surface area (Å²) >= 11 is 0. The molecule has 0 aliphatic heterocycles. The van der Waals surface area contributed by atoms with Crippen molar-refractivity contribution in [3.05, 3.63) is 0 Å². The second-order valence-corrected chi connectivity index (χ2v) is 2.91. The Labute approximate surface area is 61.6 Å². The highest BCUT2D eigenvalue weighted by Crippen LogP contribution is 2.42. The summed E-state index contributed by atoms with van der Waals surface area (Å²) in [6.45, 7) is 2.15. The normalized spacial score (nSPS) is 29.8. The van der Waals surface area contributed by atoms with Gasteiger partial charge in [0.15, 0.2) is 0 Å². The van der Waals surface area contributed by atoms with E-state index in [1.54, 1.807) is 0 Å². The number of ether oxygens (including phenoxy) is 1. The molecule has 0 radical (unpaired) electrons. The minimum atomic E-state index is -0.0153. The summed E-state index contributed by atoms with van der Waals surface area (Å²) in [5, 5.41) is 0. The maximum atomic E-state index is 10.8. The number of carbonyl (C=O) groups is 1. The second-order valence-electron chi connectivity index (χ2n) is 2.91. The molecular formula is C8H14O2. The summed E-state index contributed by atoms with van der Waals surface area (Å²) in [7, 11) is 1.46. The molecule has 10 heavy (non-hydrogen) atoms. The van der Waals surface area contributed by atoms with Crippen LogP contribution < -0.4 is 0 Å². The smallest absolute Gasteiger partial charge is 0.308 e. The van der Waals surface area contributed by atoms with Gasteiger partial charge in [0, 0.05) is 0 Å². The monoisotopic (exact) mass is 142 g/mol. The average molecular weight is 142 g/mol. The lowest BCUT2D eigenvalue weighted by atomic mass is 10.2. The van der Waals surface area contributed by atoms with Crippen molar-refractivity contribution in [3.8, 4) is 0 Å². The Balaban J connectivity index is 2.18. The lowest BCUT2D eigenvalue weighted by molar-refractivity contribution is -0.142. The van der Waals surface area contributed by atoms with Crippen LogP contribution in [0.15, 0.2) is 0 Å². The lowest BCUT2D eigenvalue weighted by Crippen LogP contribution is -2.03. The van der Waals surface area contributed by atoms with Crippen molar-refractivity contribution < 1.29 is 9.53 Å². The van der Waals surface area contributed by atoms with Crippen molar-refractivity contribution in [1.82, 2.24) is 0 Å². The molecule has 0 aromatic carbocycles. The van der Waals surface area contributed by atoms with Crippen molar-refractivity contribution in [2.24, 2.45) is 11.8 Å². The molecule has 0 spiro atoms. The minimum absolute atomic E-state index is 0.0153. The van der Waals surface area contributed by atoms with Crippen molar-refractivity contribution >= 4 is 5.97 Å². The van der Waals surface area contributed by atoms with Gasteiger partial charge in [-0.3, -0.25) is 4.79 Å². The van der Waals surface area contributed by atoms with Crippen molar-refractivity contribution in [2.45, 2.75) is 26.2 Å². The Bertz CT molecular complexity index is 131. The van der Waals surface area contributed by atoms with Gasteiger partial charge < -0.3 is 4.74 Å². The van der Waals surface area contributed by atoms with Gasteiger partial charge in [-0.15, -0.1) is 0 Å². The maximum absolute atomic E-state index is 10.8. The van der Waals surface area contributed by atoms with Gasteiger partial charge in [0.1, 0.15) is 0 Å². The van der Waals surface area contributed by atoms with Crippen LogP contribution in [0, 0.1) is 11.8 Å². The number of methoxy groups -OCH3 is 1. The molecule has 2 nitrogen and oxygen atoms in total. The standard InChI is InChI=1S/C8H14O2/c1-3-4-6-5-7(6)8(9)10-2/h6-7H,3-5H2,1-2H3/t6-,7-/m0/s1. The Morgan fingerprint density at radius 1 is 1.70 bits per heavy atom. The molecule has 0 heterocycles. The van der Waals surface area contributed by atoms with Crippen LogP contribution in [0.1, 0.15) is 26.2 Å². The SMILES string of the molecule is CCC[C@H]1C[C@@H]1C(=O)OC. The zero-order chi connectivity index (χ0) is 7.56. The van der Waals surface area contributed by atoms with Gasteiger partial charge in [-0.1, -0.05) is 13.3 Å². The zero-order valence-electron chi connectivity index (χ0n) is 6.59. The van der Waals surface area contributed by atoms with E-state index in [0.29, 0.717) is 5.92 Å². The Kier molecular flexibility index (Phi) is 2.30. The first kappa shape index (κ1) is 7.58. The van der Waals surface area contributed by atoms with Crippen LogP contribution >= 0.6 is 0 Å². The van der Waals surface area contributed by atoms with Crippen molar-refractivity contribution in [3.63, 3.8) is 0 Å². The van der Waals surface area contributed by atoms with E-state index in [1.165, 1.54) is 20.0 Å². The molecule has 2 heteroatoms. The van der Waals surface area contributed by atoms with Gasteiger partial charge in [0.25, 0.3) is 0 Å². The fraction of sp³-hybridized carbons (Fsp3) is 0.875. The number of hydrogen-bond donors (Lipinski definition) is 0. The molecule has 0 bridgehead atoms. The highest BCUT2D eigenvalue weighted by atomic mass is 16.5. The van der Waals surface area contributed by atoms with E-state index >= 15 is 0 Å². The van der Waals surface area contributed by atoms with E-state index in [-0.39, 0.29) is 11.9 Å². The van der Waals surface area contributed by atoms with Crippen LogP contribution in [0.5, 0.6) is 0 Å². The molecule has 0 aromatic heterocycles. The van der Waals surface area contributed by atoms with E-state index in [4.69, 9.17) is 0 Å².